The van der Waals surface area contributed by atoms with Crippen LogP contribution in [0.2, 0.25) is 5.02 Å². The van der Waals surface area contributed by atoms with Crippen LogP contribution < -0.4 is 11.1 Å². The van der Waals surface area contributed by atoms with Crippen molar-refractivity contribution in [2.24, 2.45) is 0 Å². The molecule has 0 spiro atoms. The van der Waals surface area contributed by atoms with Crippen LogP contribution in [-0.2, 0) is 6.54 Å². The van der Waals surface area contributed by atoms with Crippen molar-refractivity contribution in [1.82, 2.24) is 9.97 Å². The van der Waals surface area contributed by atoms with Crippen molar-refractivity contribution in [2.75, 3.05) is 11.1 Å². The van der Waals surface area contributed by atoms with Gasteiger partial charge in [0, 0.05) is 18.2 Å². The number of hydrogen-bond donors (Lipinski definition) is 2. The topological polar surface area (TPSA) is 63.8 Å². The first kappa shape index (κ1) is 14.4. The first-order chi connectivity index (χ1) is 10.7. The molecule has 0 aliphatic rings. The number of nitrogens with one attached hydrogen (secondary N) is 1. The van der Waals surface area contributed by atoms with Crippen LogP contribution in [0, 0.1) is 0 Å². The van der Waals surface area contributed by atoms with Gasteiger partial charge in [0.1, 0.15) is 11.6 Å². The summed E-state index contributed by atoms with van der Waals surface area (Å²) in [5.74, 6) is 1.59. The molecule has 0 saturated heterocycles. The lowest BCUT2D eigenvalue weighted by Gasteiger charge is -2.09. The molecule has 0 bridgehead atoms. The lowest BCUT2D eigenvalue weighted by atomic mass is 10.2. The van der Waals surface area contributed by atoms with E-state index in [1.165, 1.54) is 5.56 Å². The van der Waals surface area contributed by atoms with Crippen LogP contribution in [0.25, 0.3) is 11.4 Å². The van der Waals surface area contributed by atoms with Crippen LogP contribution in [0.4, 0.5) is 11.6 Å². The fraction of sp³-hybridized carbons (Fsp3) is 0.0588. The summed E-state index contributed by atoms with van der Waals surface area (Å²) < 4.78 is 0. The van der Waals surface area contributed by atoms with E-state index in [0.717, 1.165) is 5.56 Å². The SMILES string of the molecule is Nc1cc(NCc2ccccc2)nc(-c2ccccc2Cl)n1. The van der Waals surface area contributed by atoms with Crippen molar-refractivity contribution in [3.05, 3.63) is 71.2 Å². The molecule has 2 aromatic carbocycles. The Kier molecular flexibility index (Phi) is 4.21. The van der Waals surface area contributed by atoms with Gasteiger partial charge in [0.05, 0.1) is 5.02 Å². The number of benzene rings is 2. The second-order valence-corrected chi connectivity index (χ2v) is 5.23. The van der Waals surface area contributed by atoms with Gasteiger partial charge in [-0.25, -0.2) is 9.97 Å². The zero-order valence-electron chi connectivity index (χ0n) is 11.8. The summed E-state index contributed by atoms with van der Waals surface area (Å²) in [5.41, 5.74) is 7.81. The number of halogens is 1. The van der Waals surface area contributed by atoms with E-state index in [4.69, 9.17) is 17.3 Å². The van der Waals surface area contributed by atoms with Gasteiger partial charge in [-0.3, -0.25) is 0 Å². The Morgan fingerprint density at radius 1 is 0.955 bits per heavy atom. The smallest absolute Gasteiger partial charge is 0.165 e. The molecule has 3 aromatic rings. The zero-order chi connectivity index (χ0) is 15.4. The summed E-state index contributed by atoms with van der Waals surface area (Å²) >= 11 is 6.20. The van der Waals surface area contributed by atoms with E-state index in [9.17, 15) is 0 Å². The molecule has 0 saturated carbocycles. The lowest BCUT2D eigenvalue weighted by Crippen LogP contribution is -2.05. The number of anilines is 2. The largest absolute Gasteiger partial charge is 0.384 e. The minimum absolute atomic E-state index is 0.403. The van der Waals surface area contributed by atoms with E-state index in [1.54, 1.807) is 12.1 Å². The zero-order valence-corrected chi connectivity index (χ0v) is 12.6. The van der Waals surface area contributed by atoms with Crippen molar-refractivity contribution in [3.63, 3.8) is 0 Å². The number of rotatable bonds is 4. The number of nitrogen functional groups attached to an aromatic ring is 1. The average molecular weight is 311 g/mol. The molecule has 5 heteroatoms. The van der Waals surface area contributed by atoms with Gasteiger partial charge in [0.15, 0.2) is 5.82 Å². The molecule has 0 radical (unpaired) electrons. The molecule has 22 heavy (non-hydrogen) atoms. The van der Waals surface area contributed by atoms with Crippen molar-refractivity contribution < 1.29 is 0 Å². The van der Waals surface area contributed by atoms with Gasteiger partial charge in [-0.05, 0) is 17.7 Å². The van der Waals surface area contributed by atoms with Gasteiger partial charge >= 0.3 is 0 Å². The number of hydrogen-bond acceptors (Lipinski definition) is 4. The highest BCUT2D eigenvalue weighted by atomic mass is 35.5. The third-order valence-corrected chi connectivity index (χ3v) is 3.51. The maximum atomic E-state index is 6.20. The molecule has 0 atom stereocenters. The normalized spacial score (nSPS) is 10.4. The van der Waals surface area contributed by atoms with Crippen molar-refractivity contribution in [2.45, 2.75) is 6.54 Å². The van der Waals surface area contributed by atoms with E-state index >= 15 is 0 Å². The third kappa shape index (κ3) is 3.35. The summed E-state index contributed by atoms with van der Waals surface area (Å²) in [6, 6.07) is 19.2. The van der Waals surface area contributed by atoms with E-state index in [1.807, 2.05) is 48.5 Å². The van der Waals surface area contributed by atoms with E-state index in [-0.39, 0.29) is 0 Å². The first-order valence-electron chi connectivity index (χ1n) is 6.89. The predicted molar refractivity (Wildman–Crippen MR) is 90.7 cm³/mol. The maximum absolute atomic E-state index is 6.20. The average Bonchev–Trinajstić information content (AvgIpc) is 2.54. The van der Waals surface area contributed by atoms with Gasteiger partial charge in [-0.2, -0.15) is 0 Å². The fourth-order valence-corrected chi connectivity index (χ4v) is 2.33. The van der Waals surface area contributed by atoms with Gasteiger partial charge in [0.2, 0.25) is 0 Å². The van der Waals surface area contributed by atoms with Crippen LogP contribution in [-0.4, -0.2) is 9.97 Å². The van der Waals surface area contributed by atoms with Crippen LogP contribution in [0.15, 0.2) is 60.7 Å². The first-order valence-corrected chi connectivity index (χ1v) is 7.27. The summed E-state index contributed by atoms with van der Waals surface area (Å²) in [4.78, 5) is 8.76. The minimum atomic E-state index is 0.403. The Balaban J connectivity index is 1.86. The highest BCUT2D eigenvalue weighted by Gasteiger charge is 2.08. The molecule has 1 aromatic heterocycles. The Morgan fingerprint density at radius 3 is 2.45 bits per heavy atom. The van der Waals surface area contributed by atoms with E-state index in [0.29, 0.717) is 29.0 Å². The second kappa shape index (κ2) is 6.45. The molecular formula is C17H15ClN4. The summed E-state index contributed by atoms with van der Waals surface area (Å²) in [7, 11) is 0. The van der Waals surface area contributed by atoms with Gasteiger partial charge in [-0.15, -0.1) is 0 Å². The van der Waals surface area contributed by atoms with Crippen molar-refractivity contribution in [1.29, 1.82) is 0 Å². The molecule has 0 fully saturated rings. The Labute approximate surface area is 134 Å². The van der Waals surface area contributed by atoms with Crippen molar-refractivity contribution >= 4 is 23.2 Å². The van der Waals surface area contributed by atoms with Crippen LogP contribution in [0.5, 0.6) is 0 Å². The maximum Gasteiger partial charge on any atom is 0.165 e. The van der Waals surface area contributed by atoms with Crippen LogP contribution in [0.3, 0.4) is 0 Å². The highest BCUT2D eigenvalue weighted by Crippen LogP contribution is 2.26. The molecule has 110 valence electrons. The molecule has 4 nitrogen and oxygen atoms in total. The molecule has 0 amide bonds. The molecule has 0 aliphatic carbocycles. The van der Waals surface area contributed by atoms with Crippen LogP contribution in [0.1, 0.15) is 5.56 Å². The summed E-state index contributed by atoms with van der Waals surface area (Å²) in [6.45, 7) is 0.666. The molecule has 3 rings (SSSR count). The lowest BCUT2D eigenvalue weighted by molar-refractivity contribution is 1.09. The van der Waals surface area contributed by atoms with Crippen LogP contribution >= 0.6 is 11.6 Å². The predicted octanol–water partition coefficient (Wildman–Crippen LogP) is 3.99. The van der Waals surface area contributed by atoms with E-state index in [2.05, 4.69) is 15.3 Å². The second-order valence-electron chi connectivity index (χ2n) is 4.82. The van der Waals surface area contributed by atoms with Gasteiger partial charge < -0.3 is 11.1 Å². The third-order valence-electron chi connectivity index (χ3n) is 3.18. The quantitative estimate of drug-likeness (QED) is 0.764. The summed E-state index contributed by atoms with van der Waals surface area (Å²) in [5, 5.41) is 3.86. The number of nitrogens with zero attached hydrogens (tertiary/aromatic N) is 2. The highest BCUT2D eigenvalue weighted by molar-refractivity contribution is 6.33. The van der Waals surface area contributed by atoms with Gasteiger partial charge in [-0.1, -0.05) is 54.1 Å². The molecule has 3 N–H and O–H groups in total. The molecule has 1 heterocycles. The number of nitrogens with two attached hydrogens (primary N) is 1. The minimum Gasteiger partial charge on any atom is -0.384 e. The van der Waals surface area contributed by atoms with Crippen molar-refractivity contribution in [3.8, 4) is 11.4 Å². The summed E-state index contributed by atoms with van der Waals surface area (Å²) in [6.07, 6.45) is 0. The number of aromatic nitrogens is 2. The molecule has 0 aliphatic heterocycles. The standard InChI is InChI=1S/C17H15ClN4/c18-14-9-5-4-8-13(14)17-21-15(19)10-16(22-17)20-11-12-6-2-1-3-7-12/h1-10H,11H2,(H3,19,20,21,22). The molecule has 0 unspecified atom stereocenters. The Hall–Kier alpha value is -2.59. The van der Waals surface area contributed by atoms with E-state index < -0.39 is 0 Å². The fourth-order valence-electron chi connectivity index (χ4n) is 2.11. The Morgan fingerprint density at radius 2 is 1.68 bits per heavy atom. The Bertz CT molecular complexity index is 775. The monoisotopic (exact) mass is 310 g/mol. The van der Waals surface area contributed by atoms with Gasteiger partial charge in [0.25, 0.3) is 0 Å². The molecular weight excluding hydrogens is 296 g/mol.